The summed E-state index contributed by atoms with van der Waals surface area (Å²) in [4.78, 5) is 27.1. The molecule has 7 heteroatoms. The number of benzene rings is 1. The number of nitrogens with one attached hydrogen (secondary N) is 2. The number of carbonyl (C=O) groups excluding carboxylic acids is 1. The molecule has 144 valence electrons. The van der Waals surface area contributed by atoms with Crippen molar-refractivity contribution in [2.24, 2.45) is 0 Å². The van der Waals surface area contributed by atoms with Crippen LogP contribution in [-0.2, 0) is 11.2 Å². The molecule has 1 fully saturated rings. The van der Waals surface area contributed by atoms with Crippen LogP contribution in [0.3, 0.4) is 0 Å². The molecule has 1 saturated carbocycles. The number of nitrogens with zero attached hydrogens (tertiary/aromatic N) is 2. The topological polar surface area (TPSA) is 97.0 Å². The summed E-state index contributed by atoms with van der Waals surface area (Å²) >= 11 is 0. The molecule has 1 aromatic heterocycles. The van der Waals surface area contributed by atoms with E-state index in [0.717, 1.165) is 24.2 Å². The minimum atomic E-state index is -0.306. The predicted molar refractivity (Wildman–Crippen MR) is 103 cm³/mol. The summed E-state index contributed by atoms with van der Waals surface area (Å²) in [5.41, 5.74) is 0.729. The van der Waals surface area contributed by atoms with Crippen LogP contribution in [0.25, 0.3) is 11.4 Å². The molecule has 0 spiro atoms. The van der Waals surface area contributed by atoms with Crippen LogP contribution in [0, 0.1) is 0 Å². The highest BCUT2D eigenvalue weighted by Crippen LogP contribution is 2.19. The summed E-state index contributed by atoms with van der Waals surface area (Å²) in [6.45, 7) is 2.52. The Morgan fingerprint density at radius 1 is 1.19 bits per heavy atom. The van der Waals surface area contributed by atoms with Gasteiger partial charge in [0.2, 0.25) is 5.91 Å². The van der Waals surface area contributed by atoms with Crippen LogP contribution in [0.4, 0.5) is 0 Å². The predicted octanol–water partition coefficient (Wildman–Crippen LogP) is 2.61. The summed E-state index contributed by atoms with van der Waals surface area (Å²) in [5.74, 6) is 1.13. The van der Waals surface area contributed by atoms with Gasteiger partial charge in [-0.1, -0.05) is 19.3 Å². The van der Waals surface area contributed by atoms with E-state index in [1.54, 1.807) is 0 Å². The van der Waals surface area contributed by atoms with E-state index in [2.05, 4.69) is 20.5 Å². The Bertz CT molecular complexity index is 811. The monoisotopic (exact) mass is 370 g/mol. The molecule has 0 bridgehead atoms. The van der Waals surface area contributed by atoms with Gasteiger partial charge in [0.15, 0.2) is 5.82 Å². The van der Waals surface area contributed by atoms with E-state index in [4.69, 9.17) is 4.74 Å². The zero-order valence-electron chi connectivity index (χ0n) is 15.7. The second kappa shape index (κ2) is 9.30. The number of H-pyrrole nitrogens is 1. The fourth-order valence-corrected chi connectivity index (χ4v) is 3.31. The molecule has 0 unspecified atom stereocenters. The SMILES string of the molecule is CCOc1ccc(-c2nnc(CCC(=O)NC3CCCCC3)c(=O)[nH]2)cc1. The van der Waals surface area contributed by atoms with Crippen molar-refractivity contribution in [1.82, 2.24) is 20.5 Å². The lowest BCUT2D eigenvalue weighted by atomic mass is 9.95. The van der Waals surface area contributed by atoms with Gasteiger partial charge in [0, 0.05) is 24.4 Å². The normalized spacial score (nSPS) is 14.7. The van der Waals surface area contributed by atoms with Gasteiger partial charge in [-0.3, -0.25) is 9.59 Å². The minimum absolute atomic E-state index is 0.0290. The largest absolute Gasteiger partial charge is 0.494 e. The van der Waals surface area contributed by atoms with Gasteiger partial charge in [-0.05, 0) is 44.0 Å². The van der Waals surface area contributed by atoms with Crippen molar-refractivity contribution in [1.29, 1.82) is 0 Å². The molecule has 27 heavy (non-hydrogen) atoms. The third-order valence-electron chi connectivity index (χ3n) is 4.76. The molecule has 7 nitrogen and oxygen atoms in total. The molecule has 0 atom stereocenters. The molecule has 1 aliphatic carbocycles. The maximum Gasteiger partial charge on any atom is 0.273 e. The van der Waals surface area contributed by atoms with E-state index in [0.29, 0.717) is 12.4 Å². The lowest BCUT2D eigenvalue weighted by molar-refractivity contribution is -0.122. The minimum Gasteiger partial charge on any atom is -0.494 e. The van der Waals surface area contributed by atoms with Gasteiger partial charge >= 0.3 is 0 Å². The lowest BCUT2D eigenvalue weighted by Crippen LogP contribution is -2.36. The van der Waals surface area contributed by atoms with Gasteiger partial charge in [0.05, 0.1) is 6.61 Å². The van der Waals surface area contributed by atoms with Crippen LogP contribution in [0.2, 0.25) is 0 Å². The zero-order valence-corrected chi connectivity index (χ0v) is 15.7. The van der Waals surface area contributed by atoms with E-state index in [1.807, 2.05) is 31.2 Å². The highest BCUT2D eigenvalue weighted by atomic mass is 16.5. The molecular formula is C20H26N4O3. The van der Waals surface area contributed by atoms with Crippen LogP contribution in [-0.4, -0.2) is 33.7 Å². The maximum absolute atomic E-state index is 12.3. The number of ether oxygens (including phenoxy) is 1. The zero-order chi connectivity index (χ0) is 19.1. The first-order valence-corrected chi connectivity index (χ1v) is 9.64. The Hall–Kier alpha value is -2.70. The number of aromatic amines is 1. The number of amides is 1. The number of aryl methyl sites for hydroxylation is 1. The molecule has 2 N–H and O–H groups in total. The second-order valence-corrected chi connectivity index (χ2v) is 6.81. The first kappa shape index (κ1) is 19.1. The van der Waals surface area contributed by atoms with Crippen molar-refractivity contribution in [2.45, 2.75) is 57.9 Å². The maximum atomic E-state index is 12.3. The molecule has 1 aliphatic rings. The average molecular weight is 370 g/mol. The van der Waals surface area contributed by atoms with Gasteiger partial charge in [0.25, 0.3) is 5.56 Å². The fraction of sp³-hybridized carbons (Fsp3) is 0.500. The Morgan fingerprint density at radius 3 is 2.59 bits per heavy atom. The summed E-state index contributed by atoms with van der Waals surface area (Å²) in [6, 6.07) is 7.56. The standard InChI is InChI=1S/C20H26N4O3/c1-2-27-16-10-8-14(9-11-16)19-22-20(26)17(23-24-19)12-13-18(25)21-15-6-4-3-5-7-15/h8-11,15H,2-7,12-13H2,1H3,(H,21,25)(H,22,24,26). The smallest absolute Gasteiger partial charge is 0.273 e. The molecule has 0 aliphatic heterocycles. The quantitative estimate of drug-likeness (QED) is 0.781. The van der Waals surface area contributed by atoms with Crippen LogP contribution in [0.1, 0.15) is 51.1 Å². The molecule has 1 amide bonds. The van der Waals surface area contributed by atoms with Gasteiger partial charge in [-0.15, -0.1) is 10.2 Å². The molecule has 2 aromatic rings. The van der Waals surface area contributed by atoms with Gasteiger partial charge < -0.3 is 15.0 Å². The number of hydrogen-bond donors (Lipinski definition) is 2. The Morgan fingerprint density at radius 2 is 1.93 bits per heavy atom. The summed E-state index contributed by atoms with van der Waals surface area (Å²) in [6.07, 6.45) is 6.21. The number of rotatable bonds is 7. The molecule has 0 radical (unpaired) electrons. The van der Waals surface area contributed by atoms with Crippen molar-refractivity contribution in [3.8, 4) is 17.1 Å². The van der Waals surface area contributed by atoms with Crippen LogP contribution < -0.4 is 15.6 Å². The van der Waals surface area contributed by atoms with E-state index in [9.17, 15) is 9.59 Å². The third kappa shape index (κ3) is 5.39. The van der Waals surface area contributed by atoms with Crippen LogP contribution >= 0.6 is 0 Å². The Kier molecular flexibility index (Phi) is 6.57. The summed E-state index contributed by atoms with van der Waals surface area (Å²) in [7, 11) is 0. The second-order valence-electron chi connectivity index (χ2n) is 6.81. The number of aromatic nitrogens is 3. The fourth-order valence-electron chi connectivity index (χ4n) is 3.31. The van der Waals surface area contributed by atoms with Gasteiger partial charge in [0.1, 0.15) is 11.4 Å². The number of carbonyl (C=O) groups is 1. The summed E-state index contributed by atoms with van der Waals surface area (Å²) in [5, 5.41) is 11.2. The van der Waals surface area contributed by atoms with E-state index in [1.165, 1.54) is 19.3 Å². The first-order chi connectivity index (χ1) is 13.2. The van der Waals surface area contributed by atoms with Crippen molar-refractivity contribution in [2.75, 3.05) is 6.61 Å². The Labute approximate surface area is 158 Å². The molecular weight excluding hydrogens is 344 g/mol. The van der Waals surface area contributed by atoms with Gasteiger partial charge in [-0.25, -0.2) is 0 Å². The van der Waals surface area contributed by atoms with E-state index >= 15 is 0 Å². The van der Waals surface area contributed by atoms with Crippen molar-refractivity contribution in [3.05, 3.63) is 40.3 Å². The van der Waals surface area contributed by atoms with Crippen LogP contribution in [0.15, 0.2) is 29.1 Å². The van der Waals surface area contributed by atoms with Crippen molar-refractivity contribution < 1.29 is 9.53 Å². The molecule has 1 heterocycles. The van der Waals surface area contributed by atoms with E-state index < -0.39 is 0 Å². The Balaban J connectivity index is 1.57. The summed E-state index contributed by atoms with van der Waals surface area (Å²) < 4.78 is 5.40. The number of hydrogen-bond acceptors (Lipinski definition) is 5. The average Bonchev–Trinajstić information content (AvgIpc) is 2.69. The highest BCUT2D eigenvalue weighted by Gasteiger charge is 2.16. The van der Waals surface area contributed by atoms with Crippen molar-refractivity contribution >= 4 is 5.91 Å². The molecule has 3 rings (SSSR count). The first-order valence-electron chi connectivity index (χ1n) is 9.64. The van der Waals surface area contributed by atoms with Gasteiger partial charge in [-0.2, -0.15) is 0 Å². The third-order valence-corrected chi connectivity index (χ3v) is 4.76. The van der Waals surface area contributed by atoms with Crippen LogP contribution in [0.5, 0.6) is 5.75 Å². The van der Waals surface area contributed by atoms with Crippen molar-refractivity contribution in [3.63, 3.8) is 0 Å². The van der Waals surface area contributed by atoms with E-state index in [-0.39, 0.29) is 36.0 Å². The highest BCUT2D eigenvalue weighted by molar-refractivity contribution is 5.76. The molecule has 1 aromatic carbocycles. The molecule has 0 saturated heterocycles. The lowest BCUT2D eigenvalue weighted by Gasteiger charge is -2.22.